The average Bonchev–Trinajstić information content (AvgIpc) is 2.59. The van der Waals surface area contributed by atoms with Gasteiger partial charge in [0, 0.05) is 12.5 Å². The zero-order chi connectivity index (χ0) is 10.8. The summed E-state index contributed by atoms with van der Waals surface area (Å²) in [5.41, 5.74) is 1.26. The van der Waals surface area contributed by atoms with Crippen LogP contribution in [0.1, 0.15) is 44.2 Å². The minimum Gasteiger partial charge on any atom is -0.393 e. The first-order valence-corrected chi connectivity index (χ1v) is 6.41. The second kappa shape index (κ2) is 4.66. The summed E-state index contributed by atoms with van der Waals surface area (Å²) < 4.78 is 3.12. The van der Waals surface area contributed by atoms with Crippen molar-refractivity contribution in [3.63, 3.8) is 0 Å². The Labute approximate surface area is 98.6 Å². The number of aryl methyl sites for hydroxylation is 1. The molecule has 1 aliphatic rings. The highest BCUT2D eigenvalue weighted by molar-refractivity contribution is 9.10. The molecule has 4 heteroatoms. The lowest BCUT2D eigenvalue weighted by Crippen LogP contribution is -2.20. The van der Waals surface area contributed by atoms with Crippen LogP contribution in [0.15, 0.2) is 10.7 Å². The minimum atomic E-state index is -0.129. The van der Waals surface area contributed by atoms with Gasteiger partial charge in [0.2, 0.25) is 0 Å². The fraction of sp³-hybridized carbons (Fsp3) is 0.727. The molecule has 1 aromatic rings. The molecule has 1 aliphatic carbocycles. The molecule has 1 heterocycles. The van der Waals surface area contributed by atoms with Gasteiger partial charge in [0.05, 0.1) is 22.5 Å². The van der Waals surface area contributed by atoms with Crippen molar-refractivity contribution in [2.75, 3.05) is 0 Å². The van der Waals surface area contributed by atoms with E-state index in [9.17, 15) is 5.11 Å². The molecule has 1 fully saturated rings. The molecule has 0 aromatic carbocycles. The third-order valence-electron chi connectivity index (χ3n) is 3.17. The number of hydrogen-bond donors (Lipinski definition) is 1. The molecule has 1 N–H and O–H groups in total. The molecule has 3 nitrogen and oxygen atoms in total. The summed E-state index contributed by atoms with van der Waals surface area (Å²) in [6, 6.07) is 0. The molecular weight excluding hydrogens is 256 g/mol. The van der Waals surface area contributed by atoms with Crippen molar-refractivity contribution in [1.82, 2.24) is 9.78 Å². The van der Waals surface area contributed by atoms with Crippen LogP contribution in [-0.2, 0) is 6.54 Å². The van der Waals surface area contributed by atoms with E-state index in [1.54, 1.807) is 0 Å². The Morgan fingerprint density at radius 3 is 3.07 bits per heavy atom. The van der Waals surface area contributed by atoms with Gasteiger partial charge in [0.1, 0.15) is 0 Å². The van der Waals surface area contributed by atoms with Crippen LogP contribution in [0.2, 0.25) is 0 Å². The lowest BCUT2D eigenvalue weighted by Gasteiger charge is -2.26. The summed E-state index contributed by atoms with van der Waals surface area (Å²) in [6.45, 7) is 3.00. The zero-order valence-corrected chi connectivity index (χ0v) is 10.6. The number of aliphatic hydroxyl groups excluding tert-OH is 1. The number of nitrogens with zero attached hydrogens (tertiary/aromatic N) is 2. The molecule has 84 valence electrons. The Balaban J connectivity index is 2.23. The second-order valence-corrected chi connectivity index (χ2v) is 5.07. The number of hydrogen-bond acceptors (Lipinski definition) is 2. The Morgan fingerprint density at radius 2 is 2.40 bits per heavy atom. The van der Waals surface area contributed by atoms with Crippen molar-refractivity contribution in [1.29, 1.82) is 0 Å². The van der Waals surface area contributed by atoms with Gasteiger partial charge in [-0.2, -0.15) is 5.10 Å². The minimum absolute atomic E-state index is 0.129. The van der Waals surface area contributed by atoms with Gasteiger partial charge >= 0.3 is 0 Å². The highest BCUT2D eigenvalue weighted by atomic mass is 79.9. The Kier molecular flexibility index (Phi) is 3.46. The van der Waals surface area contributed by atoms with Crippen molar-refractivity contribution in [3.05, 3.63) is 16.4 Å². The maximum absolute atomic E-state index is 9.69. The molecule has 0 amide bonds. The average molecular weight is 273 g/mol. The normalized spacial score (nSPS) is 26.9. The first-order valence-electron chi connectivity index (χ1n) is 5.61. The Hall–Kier alpha value is -0.350. The molecule has 0 bridgehead atoms. The molecule has 1 aromatic heterocycles. The number of halogens is 1. The Morgan fingerprint density at radius 1 is 1.60 bits per heavy atom. The monoisotopic (exact) mass is 272 g/mol. The summed E-state index contributed by atoms with van der Waals surface area (Å²) >= 11 is 3.55. The summed E-state index contributed by atoms with van der Waals surface area (Å²) in [4.78, 5) is 0. The van der Waals surface area contributed by atoms with Crippen molar-refractivity contribution < 1.29 is 5.11 Å². The van der Waals surface area contributed by atoms with Gasteiger partial charge in [-0.3, -0.25) is 4.68 Å². The lowest BCUT2D eigenvalue weighted by molar-refractivity contribution is 0.117. The third kappa shape index (κ3) is 2.26. The maximum atomic E-state index is 9.69. The van der Waals surface area contributed by atoms with E-state index in [0.29, 0.717) is 5.92 Å². The first kappa shape index (κ1) is 11.1. The quantitative estimate of drug-likeness (QED) is 0.899. The van der Waals surface area contributed by atoms with Crippen molar-refractivity contribution in [2.24, 2.45) is 0 Å². The lowest BCUT2D eigenvalue weighted by atomic mass is 9.85. The molecule has 0 radical (unpaired) electrons. The van der Waals surface area contributed by atoms with Crippen molar-refractivity contribution in [3.8, 4) is 0 Å². The molecule has 15 heavy (non-hydrogen) atoms. The van der Waals surface area contributed by atoms with E-state index < -0.39 is 0 Å². The van der Waals surface area contributed by atoms with Crippen molar-refractivity contribution in [2.45, 2.75) is 51.2 Å². The number of aliphatic hydroxyl groups is 1. The topological polar surface area (TPSA) is 38.0 Å². The number of aromatic nitrogens is 2. The smallest absolute Gasteiger partial charge is 0.0635 e. The standard InChI is InChI=1S/C11H17BrN2O/c1-2-14-11(10(12)7-13-14)8-4-3-5-9(15)6-8/h7-9,15H,2-6H2,1H3. The molecule has 2 unspecified atom stereocenters. The highest BCUT2D eigenvalue weighted by Gasteiger charge is 2.25. The fourth-order valence-electron chi connectivity index (χ4n) is 2.44. The SMILES string of the molecule is CCn1ncc(Br)c1C1CCCC(O)C1. The van der Waals surface area contributed by atoms with E-state index in [1.165, 1.54) is 12.1 Å². The zero-order valence-electron chi connectivity index (χ0n) is 8.99. The third-order valence-corrected chi connectivity index (χ3v) is 3.78. The largest absolute Gasteiger partial charge is 0.393 e. The summed E-state index contributed by atoms with van der Waals surface area (Å²) in [5.74, 6) is 0.463. The van der Waals surface area contributed by atoms with Crippen LogP contribution in [0.4, 0.5) is 0 Å². The van der Waals surface area contributed by atoms with Crippen LogP contribution in [0, 0.1) is 0 Å². The predicted molar refractivity (Wildman–Crippen MR) is 62.8 cm³/mol. The first-order chi connectivity index (χ1) is 7.22. The predicted octanol–water partition coefficient (Wildman–Crippen LogP) is 2.68. The van der Waals surface area contributed by atoms with Crippen molar-refractivity contribution >= 4 is 15.9 Å². The summed E-state index contributed by atoms with van der Waals surface area (Å²) in [5, 5.41) is 14.0. The molecule has 2 rings (SSSR count). The van der Waals surface area contributed by atoms with E-state index in [0.717, 1.165) is 30.3 Å². The van der Waals surface area contributed by atoms with Crippen LogP contribution >= 0.6 is 15.9 Å². The summed E-state index contributed by atoms with van der Waals surface area (Å²) in [6.07, 6.45) is 5.85. The second-order valence-electron chi connectivity index (χ2n) is 4.21. The van der Waals surface area contributed by atoms with E-state index in [1.807, 2.05) is 10.9 Å². The molecular formula is C11H17BrN2O. The van der Waals surface area contributed by atoms with Gasteiger partial charge in [0.25, 0.3) is 0 Å². The Bertz CT molecular complexity index is 337. The number of rotatable bonds is 2. The van der Waals surface area contributed by atoms with Crippen LogP contribution in [0.5, 0.6) is 0 Å². The van der Waals surface area contributed by atoms with Gasteiger partial charge in [-0.15, -0.1) is 0 Å². The van der Waals surface area contributed by atoms with E-state index in [4.69, 9.17) is 0 Å². The van der Waals surface area contributed by atoms with Gasteiger partial charge in [-0.05, 0) is 42.1 Å². The maximum Gasteiger partial charge on any atom is 0.0635 e. The van der Waals surface area contributed by atoms with Gasteiger partial charge in [-0.1, -0.05) is 6.42 Å². The van der Waals surface area contributed by atoms with E-state index in [2.05, 4.69) is 28.0 Å². The fourth-order valence-corrected chi connectivity index (χ4v) is 3.06. The molecule has 0 aliphatic heterocycles. The molecule has 0 saturated heterocycles. The van der Waals surface area contributed by atoms with E-state index >= 15 is 0 Å². The van der Waals surface area contributed by atoms with E-state index in [-0.39, 0.29) is 6.10 Å². The molecule has 2 atom stereocenters. The molecule has 1 saturated carbocycles. The van der Waals surface area contributed by atoms with Gasteiger partial charge in [-0.25, -0.2) is 0 Å². The van der Waals surface area contributed by atoms with Gasteiger partial charge < -0.3 is 5.11 Å². The highest BCUT2D eigenvalue weighted by Crippen LogP contribution is 2.36. The summed E-state index contributed by atoms with van der Waals surface area (Å²) in [7, 11) is 0. The molecule has 0 spiro atoms. The van der Waals surface area contributed by atoms with Crippen LogP contribution in [0.3, 0.4) is 0 Å². The van der Waals surface area contributed by atoms with Crippen LogP contribution in [-0.4, -0.2) is 21.0 Å². The van der Waals surface area contributed by atoms with Crippen LogP contribution < -0.4 is 0 Å². The van der Waals surface area contributed by atoms with Crippen LogP contribution in [0.25, 0.3) is 0 Å². The van der Waals surface area contributed by atoms with Gasteiger partial charge in [0.15, 0.2) is 0 Å².